The van der Waals surface area contributed by atoms with Crippen LogP contribution in [-0.4, -0.2) is 23.8 Å². The maximum atomic E-state index is 12.3. The van der Waals surface area contributed by atoms with Crippen molar-refractivity contribution in [3.63, 3.8) is 0 Å². The molecular weight excluding hydrogens is 332 g/mol. The summed E-state index contributed by atoms with van der Waals surface area (Å²) in [6.07, 6.45) is 1.15. The van der Waals surface area contributed by atoms with Crippen LogP contribution in [0.3, 0.4) is 0 Å². The Morgan fingerprint density at radius 2 is 1.77 bits per heavy atom. The van der Waals surface area contributed by atoms with E-state index < -0.39 is 11.9 Å². The summed E-state index contributed by atoms with van der Waals surface area (Å²) in [6, 6.07) is 11.5. The minimum absolute atomic E-state index is 0.0216. The number of benzene rings is 2. The van der Waals surface area contributed by atoms with Gasteiger partial charge in [-0.15, -0.1) is 0 Å². The highest BCUT2D eigenvalue weighted by molar-refractivity contribution is 5.98. The molecule has 1 unspecified atom stereocenters. The Kier molecular flexibility index (Phi) is 4.88. The maximum Gasteiger partial charge on any atom is 0.248 e. The summed E-state index contributed by atoms with van der Waals surface area (Å²) in [5.74, 6) is -0.697. The Morgan fingerprint density at radius 1 is 1.08 bits per heavy atom. The molecule has 0 bridgehead atoms. The molecule has 1 heterocycles. The largest absolute Gasteiger partial charge is 0.374 e. The molecule has 3 amide bonds. The van der Waals surface area contributed by atoms with Crippen LogP contribution in [0.4, 0.5) is 17.1 Å². The number of carbonyl (C=O) groups is 3. The number of amides is 3. The second-order valence-electron chi connectivity index (χ2n) is 6.22. The van der Waals surface area contributed by atoms with Crippen molar-refractivity contribution in [2.75, 3.05) is 16.0 Å². The highest BCUT2D eigenvalue weighted by Crippen LogP contribution is 2.26. The number of primary amides is 1. The van der Waals surface area contributed by atoms with Gasteiger partial charge in [-0.1, -0.05) is 0 Å². The van der Waals surface area contributed by atoms with Crippen LogP contribution in [-0.2, 0) is 16.0 Å². The number of hydrogen-bond acceptors (Lipinski definition) is 4. The van der Waals surface area contributed by atoms with Crippen molar-refractivity contribution in [3.8, 4) is 0 Å². The van der Waals surface area contributed by atoms with Gasteiger partial charge in [-0.2, -0.15) is 0 Å². The van der Waals surface area contributed by atoms with Gasteiger partial charge < -0.3 is 21.7 Å². The Balaban J connectivity index is 1.62. The average Bonchev–Trinajstić information content (AvgIpc) is 2.62. The number of anilines is 3. The predicted molar refractivity (Wildman–Crippen MR) is 100 cm³/mol. The molecule has 0 fully saturated rings. The molecule has 134 valence electrons. The summed E-state index contributed by atoms with van der Waals surface area (Å²) in [4.78, 5) is 34.8. The Bertz CT molecular complexity index is 862. The van der Waals surface area contributed by atoms with Crippen LogP contribution in [0.5, 0.6) is 0 Å². The fourth-order valence-electron chi connectivity index (χ4n) is 2.76. The third kappa shape index (κ3) is 4.00. The summed E-state index contributed by atoms with van der Waals surface area (Å²) >= 11 is 0. The van der Waals surface area contributed by atoms with Gasteiger partial charge >= 0.3 is 0 Å². The van der Waals surface area contributed by atoms with E-state index in [-0.39, 0.29) is 11.8 Å². The Labute approximate surface area is 151 Å². The smallest absolute Gasteiger partial charge is 0.248 e. The van der Waals surface area contributed by atoms with Gasteiger partial charge in [-0.05, 0) is 61.4 Å². The molecule has 0 saturated heterocycles. The van der Waals surface area contributed by atoms with Crippen LogP contribution < -0.4 is 21.7 Å². The highest BCUT2D eigenvalue weighted by Gasteiger charge is 2.17. The molecule has 0 aliphatic carbocycles. The number of fused-ring (bicyclic) bond motifs is 1. The number of nitrogens with one attached hydrogen (secondary N) is 3. The number of carbonyl (C=O) groups excluding carboxylic acids is 3. The van der Waals surface area contributed by atoms with Crippen molar-refractivity contribution in [3.05, 3.63) is 53.6 Å². The Morgan fingerprint density at radius 3 is 2.46 bits per heavy atom. The van der Waals surface area contributed by atoms with Gasteiger partial charge in [0.1, 0.15) is 6.04 Å². The fraction of sp³-hybridized carbons (Fsp3) is 0.211. The lowest BCUT2D eigenvalue weighted by Gasteiger charge is -2.20. The van der Waals surface area contributed by atoms with Gasteiger partial charge in [0.2, 0.25) is 17.7 Å². The van der Waals surface area contributed by atoms with Crippen LogP contribution in [0.1, 0.15) is 29.3 Å². The molecule has 3 rings (SSSR count). The van der Waals surface area contributed by atoms with E-state index in [9.17, 15) is 14.4 Å². The van der Waals surface area contributed by atoms with Gasteiger partial charge in [-0.3, -0.25) is 14.4 Å². The van der Waals surface area contributed by atoms with Crippen LogP contribution in [0.25, 0.3) is 0 Å². The van der Waals surface area contributed by atoms with E-state index in [4.69, 9.17) is 5.73 Å². The first-order valence-electron chi connectivity index (χ1n) is 8.32. The van der Waals surface area contributed by atoms with Crippen molar-refractivity contribution in [2.45, 2.75) is 25.8 Å². The monoisotopic (exact) mass is 352 g/mol. The average molecular weight is 352 g/mol. The summed E-state index contributed by atoms with van der Waals surface area (Å²) in [6.45, 7) is 1.76. The molecule has 7 heteroatoms. The summed E-state index contributed by atoms with van der Waals surface area (Å²) < 4.78 is 0. The lowest BCUT2D eigenvalue weighted by molar-refractivity contribution is -0.117. The van der Waals surface area contributed by atoms with Crippen molar-refractivity contribution in [2.24, 2.45) is 5.73 Å². The second-order valence-corrected chi connectivity index (χ2v) is 6.22. The van der Waals surface area contributed by atoms with Crippen molar-refractivity contribution >= 4 is 34.8 Å². The molecule has 0 radical (unpaired) electrons. The molecule has 0 spiro atoms. The van der Waals surface area contributed by atoms with Crippen LogP contribution in [0.15, 0.2) is 42.5 Å². The normalized spacial score (nSPS) is 14.0. The van der Waals surface area contributed by atoms with E-state index in [2.05, 4.69) is 16.0 Å². The zero-order valence-electron chi connectivity index (χ0n) is 14.3. The van der Waals surface area contributed by atoms with Gasteiger partial charge in [-0.25, -0.2) is 0 Å². The summed E-state index contributed by atoms with van der Waals surface area (Å²) in [5, 5.41) is 8.77. The van der Waals surface area contributed by atoms with Crippen LogP contribution in [0.2, 0.25) is 0 Å². The zero-order chi connectivity index (χ0) is 18.7. The third-order valence-electron chi connectivity index (χ3n) is 4.21. The Hall–Kier alpha value is -3.35. The first-order chi connectivity index (χ1) is 12.4. The molecule has 26 heavy (non-hydrogen) atoms. The van der Waals surface area contributed by atoms with E-state index >= 15 is 0 Å². The maximum absolute atomic E-state index is 12.3. The van der Waals surface area contributed by atoms with Crippen molar-refractivity contribution in [1.29, 1.82) is 0 Å². The SMILES string of the molecule is CC(Nc1ccc2c(c1)CCC(=O)N2)C(=O)Nc1ccc(C(N)=O)cc1. The number of hydrogen-bond donors (Lipinski definition) is 4. The molecule has 0 aromatic heterocycles. The quantitative estimate of drug-likeness (QED) is 0.660. The number of rotatable bonds is 5. The van der Waals surface area contributed by atoms with Gasteiger partial charge in [0, 0.05) is 29.0 Å². The van der Waals surface area contributed by atoms with E-state index in [0.29, 0.717) is 24.1 Å². The van der Waals surface area contributed by atoms with Gasteiger partial charge in [0.15, 0.2) is 0 Å². The second kappa shape index (κ2) is 7.26. The number of aryl methyl sites for hydroxylation is 1. The zero-order valence-corrected chi connectivity index (χ0v) is 14.3. The lowest BCUT2D eigenvalue weighted by atomic mass is 10.0. The molecule has 1 atom stereocenters. The first-order valence-corrected chi connectivity index (χ1v) is 8.32. The molecule has 2 aromatic rings. The molecule has 1 aliphatic rings. The van der Waals surface area contributed by atoms with Crippen molar-refractivity contribution in [1.82, 2.24) is 0 Å². The van der Waals surface area contributed by atoms with Crippen LogP contribution >= 0.6 is 0 Å². The van der Waals surface area contributed by atoms with Crippen LogP contribution in [0, 0.1) is 0 Å². The standard InChI is InChI=1S/C19H20N4O3/c1-11(19(26)22-14-5-2-12(3-6-14)18(20)25)21-15-7-8-16-13(10-15)4-9-17(24)23-16/h2-3,5-8,10-11,21H,4,9H2,1H3,(H2,20,25)(H,22,26)(H,23,24). The van der Waals surface area contributed by atoms with Gasteiger partial charge in [0.25, 0.3) is 0 Å². The van der Waals surface area contributed by atoms with E-state index in [1.807, 2.05) is 18.2 Å². The number of nitrogens with two attached hydrogens (primary N) is 1. The molecule has 1 aliphatic heterocycles. The minimum atomic E-state index is -0.512. The highest BCUT2D eigenvalue weighted by atomic mass is 16.2. The summed E-state index contributed by atoms with van der Waals surface area (Å²) in [7, 11) is 0. The molecular formula is C19H20N4O3. The molecule has 7 nitrogen and oxygen atoms in total. The summed E-state index contributed by atoms with van der Waals surface area (Å²) in [5.41, 5.74) is 8.84. The predicted octanol–water partition coefficient (Wildman–Crippen LogP) is 2.11. The van der Waals surface area contributed by atoms with E-state index in [1.165, 1.54) is 0 Å². The van der Waals surface area contributed by atoms with E-state index in [0.717, 1.165) is 16.9 Å². The molecule has 0 saturated carbocycles. The third-order valence-corrected chi connectivity index (χ3v) is 4.21. The molecule has 5 N–H and O–H groups in total. The minimum Gasteiger partial charge on any atom is -0.374 e. The van der Waals surface area contributed by atoms with Gasteiger partial charge in [0.05, 0.1) is 0 Å². The van der Waals surface area contributed by atoms with Crippen molar-refractivity contribution < 1.29 is 14.4 Å². The lowest BCUT2D eigenvalue weighted by Crippen LogP contribution is -2.32. The first kappa shape index (κ1) is 17.5. The topological polar surface area (TPSA) is 113 Å². The fourth-order valence-corrected chi connectivity index (χ4v) is 2.76. The van der Waals surface area contributed by atoms with E-state index in [1.54, 1.807) is 31.2 Å². The molecule has 2 aromatic carbocycles.